The number of carboxylic acid groups (broad SMARTS) is 1. The number of benzene rings is 1. The highest BCUT2D eigenvalue weighted by molar-refractivity contribution is 7.89. The van der Waals surface area contributed by atoms with Crippen molar-refractivity contribution in [2.75, 3.05) is 19.7 Å². The second-order valence-electron chi connectivity index (χ2n) is 8.48. The molecule has 9 nitrogen and oxygen atoms in total. The molecule has 2 heterocycles. The van der Waals surface area contributed by atoms with Crippen LogP contribution in [0.2, 0.25) is 0 Å². The molecule has 0 radical (unpaired) electrons. The topological polar surface area (TPSA) is 127 Å². The van der Waals surface area contributed by atoms with Gasteiger partial charge in [-0.2, -0.15) is 8.70 Å². The van der Waals surface area contributed by atoms with Crippen LogP contribution in [-0.4, -0.2) is 54.2 Å². The van der Waals surface area contributed by atoms with E-state index >= 15 is 0 Å². The third-order valence-corrected chi connectivity index (χ3v) is 7.98. The maximum absolute atomic E-state index is 13.8. The zero-order chi connectivity index (χ0) is 24.5. The van der Waals surface area contributed by atoms with Gasteiger partial charge in [0.05, 0.1) is 23.8 Å². The van der Waals surface area contributed by atoms with Crippen LogP contribution in [0.1, 0.15) is 31.7 Å². The van der Waals surface area contributed by atoms with E-state index < -0.39 is 28.4 Å². The Balaban J connectivity index is 1.58. The molecule has 1 aromatic carbocycles. The van der Waals surface area contributed by atoms with E-state index in [-0.39, 0.29) is 39.7 Å². The van der Waals surface area contributed by atoms with Gasteiger partial charge < -0.3 is 9.84 Å². The van der Waals surface area contributed by atoms with Gasteiger partial charge in [0.1, 0.15) is 18.1 Å². The lowest BCUT2D eigenvalue weighted by Gasteiger charge is -2.16. The van der Waals surface area contributed by atoms with Crippen molar-refractivity contribution in [1.82, 2.24) is 9.29 Å². The van der Waals surface area contributed by atoms with Crippen molar-refractivity contribution in [1.29, 1.82) is 0 Å². The minimum atomic E-state index is -3.72. The van der Waals surface area contributed by atoms with Crippen LogP contribution in [0, 0.1) is 23.3 Å². The zero-order valence-corrected chi connectivity index (χ0v) is 19.4. The molecular formula is C23H25FN4O5S+2. The molecule has 2 aliphatic rings. The Hall–Kier alpha value is -3.36. The van der Waals surface area contributed by atoms with Gasteiger partial charge in [-0.1, -0.05) is 0 Å². The Morgan fingerprint density at radius 1 is 1.38 bits per heavy atom. The molecule has 1 aliphatic heterocycles. The molecule has 2 aromatic rings. The van der Waals surface area contributed by atoms with E-state index in [1.807, 2.05) is 6.92 Å². The first-order valence-corrected chi connectivity index (χ1v) is 12.3. The predicted octanol–water partition coefficient (Wildman–Crippen LogP) is 1.71. The van der Waals surface area contributed by atoms with E-state index in [4.69, 9.17) is 15.3 Å². The van der Waals surface area contributed by atoms with Gasteiger partial charge in [-0.25, -0.2) is 13.4 Å². The maximum Gasteiger partial charge on any atom is 0.359 e. The third kappa shape index (κ3) is 4.78. The molecule has 2 fully saturated rings. The van der Waals surface area contributed by atoms with Crippen LogP contribution in [0.25, 0.3) is 4.85 Å². The summed E-state index contributed by atoms with van der Waals surface area (Å²) in [5, 5.41) is 14.9. The standard InChI is InChI=1S/C23H23FN4O5S/c1-2-33-16-3-5-17(6-4-16)34(31,32)28-13-15(23(14-28)7-8-23)11-26-20-10-21(24)27-12-18(20)19(25)9-22(29)30/h3-6,10,12,15,25H,2,7-9,13-14H2,1H3/p+2. The summed E-state index contributed by atoms with van der Waals surface area (Å²) >= 11 is 0. The normalized spacial score (nSPS) is 18.8. The SMILES string of the molecule is CCOc1ccc(S(=O)(=O)N2CC(C#[N+]c3cc(F)ncc3C(=[NH2+])CC(=O)O)C3(CC3)C2)cc1. The lowest BCUT2D eigenvalue weighted by molar-refractivity contribution is -0.139. The number of rotatable bonds is 7. The van der Waals surface area contributed by atoms with E-state index in [1.54, 1.807) is 12.1 Å². The van der Waals surface area contributed by atoms with E-state index in [0.717, 1.165) is 25.1 Å². The molecule has 0 bridgehead atoms. The molecule has 1 aliphatic carbocycles. The number of aliphatic carboxylic acids is 1. The zero-order valence-electron chi connectivity index (χ0n) is 18.6. The molecule has 1 unspecified atom stereocenters. The number of aromatic nitrogens is 1. The predicted molar refractivity (Wildman–Crippen MR) is 121 cm³/mol. The van der Waals surface area contributed by atoms with E-state index in [9.17, 15) is 17.6 Å². The fourth-order valence-corrected chi connectivity index (χ4v) is 5.69. The van der Waals surface area contributed by atoms with Crippen LogP contribution in [-0.2, 0) is 14.8 Å². The summed E-state index contributed by atoms with van der Waals surface area (Å²) in [5.41, 5.74) is 0.0462. The van der Waals surface area contributed by atoms with E-state index in [1.165, 1.54) is 16.4 Å². The number of pyridine rings is 1. The van der Waals surface area contributed by atoms with Crippen molar-refractivity contribution in [3.63, 3.8) is 0 Å². The average molecular weight is 489 g/mol. The van der Waals surface area contributed by atoms with E-state index in [0.29, 0.717) is 18.9 Å². The second-order valence-corrected chi connectivity index (χ2v) is 10.4. The molecule has 1 saturated heterocycles. The van der Waals surface area contributed by atoms with Gasteiger partial charge in [0.2, 0.25) is 21.7 Å². The molecule has 1 saturated carbocycles. The molecule has 0 amide bonds. The summed E-state index contributed by atoms with van der Waals surface area (Å²) in [6.07, 6.45) is 2.36. The number of carbonyl (C=O) groups is 1. The van der Waals surface area contributed by atoms with Crippen molar-refractivity contribution >= 4 is 27.4 Å². The molecule has 11 heteroatoms. The van der Waals surface area contributed by atoms with Crippen molar-refractivity contribution in [3.8, 4) is 11.8 Å². The highest BCUT2D eigenvalue weighted by Gasteiger charge is 2.59. The van der Waals surface area contributed by atoms with Crippen molar-refractivity contribution in [2.45, 2.75) is 31.1 Å². The van der Waals surface area contributed by atoms with Gasteiger partial charge in [-0.05, 0) is 48.9 Å². The number of nitrogens with two attached hydrogens (primary N) is 1. The number of hydrogen-bond acceptors (Lipinski definition) is 5. The summed E-state index contributed by atoms with van der Waals surface area (Å²) < 4.78 is 47.0. The fraction of sp³-hybridized carbons (Fsp3) is 0.391. The average Bonchev–Trinajstić information content (AvgIpc) is 3.46. The summed E-state index contributed by atoms with van der Waals surface area (Å²) in [4.78, 5) is 19.0. The van der Waals surface area contributed by atoms with Crippen molar-refractivity contribution < 1.29 is 32.9 Å². The molecule has 4 rings (SSSR count). The molecule has 1 atom stereocenters. The van der Waals surface area contributed by atoms with Crippen LogP contribution in [0.15, 0.2) is 41.4 Å². The molecule has 178 valence electrons. The molecule has 34 heavy (non-hydrogen) atoms. The lowest BCUT2D eigenvalue weighted by atomic mass is 9.94. The van der Waals surface area contributed by atoms with Gasteiger partial charge in [0.25, 0.3) is 6.07 Å². The van der Waals surface area contributed by atoms with Gasteiger partial charge in [-0.3, -0.25) is 10.2 Å². The van der Waals surface area contributed by atoms with Crippen molar-refractivity contribution in [3.05, 3.63) is 52.9 Å². The fourth-order valence-electron chi connectivity index (χ4n) is 4.14. The first kappa shape index (κ1) is 23.8. The second kappa shape index (κ2) is 9.12. The molecule has 1 spiro atoms. The first-order chi connectivity index (χ1) is 16.1. The molecule has 3 N–H and O–H groups in total. The summed E-state index contributed by atoms with van der Waals surface area (Å²) in [6.45, 7) is 2.88. The maximum atomic E-state index is 13.8. The number of ether oxygens (including phenoxy) is 1. The van der Waals surface area contributed by atoms with E-state index in [2.05, 4.69) is 15.9 Å². The Kier molecular flexibility index (Phi) is 6.38. The summed E-state index contributed by atoms with van der Waals surface area (Å²) in [7, 11) is -3.72. The van der Waals surface area contributed by atoms with Crippen molar-refractivity contribution in [2.24, 2.45) is 11.3 Å². The highest BCUT2D eigenvalue weighted by Crippen LogP contribution is 2.57. The molecule has 1 aromatic heterocycles. The Bertz CT molecular complexity index is 1300. The third-order valence-electron chi connectivity index (χ3n) is 6.16. The first-order valence-electron chi connectivity index (χ1n) is 10.8. The number of nitrogens with zero attached hydrogens (tertiary/aromatic N) is 3. The monoisotopic (exact) mass is 488 g/mol. The van der Waals surface area contributed by atoms with Gasteiger partial charge in [0, 0.05) is 18.5 Å². The van der Waals surface area contributed by atoms with Gasteiger partial charge >= 0.3 is 11.7 Å². The minimum Gasteiger partial charge on any atom is -0.494 e. The molecular weight excluding hydrogens is 463 g/mol. The smallest absolute Gasteiger partial charge is 0.359 e. The minimum absolute atomic E-state index is 0.00666. The highest BCUT2D eigenvalue weighted by atomic mass is 32.2. The Morgan fingerprint density at radius 3 is 2.71 bits per heavy atom. The number of carboxylic acids is 1. The van der Waals surface area contributed by atoms with Gasteiger partial charge in [0.15, 0.2) is 5.56 Å². The largest absolute Gasteiger partial charge is 0.494 e. The summed E-state index contributed by atoms with van der Waals surface area (Å²) in [6, 6.07) is 10.4. The lowest BCUT2D eigenvalue weighted by Crippen LogP contribution is -2.41. The number of halogens is 1. The van der Waals surface area contributed by atoms with Gasteiger partial charge in [-0.15, -0.1) is 0 Å². The number of sulfonamides is 1. The van der Waals surface area contributed by atoms with Crippen LogP contribution < -0.4 is 10.1 Å². The Morgan fingerprint density at radius 2 is 2.09 bits per heavy atom. The Labute approximate surface area is 196 Å². The number of hydrogen-bond donors (Lipinski definition) is 2. The van der Waals surface area contributed by atoms with Crippen LogP contribution >= 0.6 is 0 Å². The van der Waals surface area contributed by atoms with Crippen LogP contribution in [0.3, 0.4) is 0 Å². The van der Waals surface area contributed by atoms with Crippen LogP contribution in [0.4, 0.5) is 10.1 Å². The van der Waals surface area contributed by atoms with Crippen LogP contribution in [0.5, 0.6) is 5.75 Å². The quantitative estimate of drug-likeness (QED) is 0.451. The summed E-state index contributed by atoms with van der Waals surface area (Å²) in [5.74, 6) is -1.63.